The number of hydrogen-bond donors (Lipinski definition) is 2. The van der Waals surface area contributed by atoms with E-state index in [4.69, 9.17) is 4.74 Å². The summed E-state index contributed by atoms with van der Waals surface area (Å²) in [6.07, 6.45) is -0.212. The van der Waals surface area contributed by atoms with Gasteiger partial charge in [-0.2, -0.15) is 0 Å². The van der Waals surface area contributed by atoms with E-state index in [-0.39, 0.29) is 23.2 Å². The number of nitrogens with one attached hydrogen (secondary N) is 2. The van der Waals surface area contributed by atoms with E-state index in [1.807, 2.05) is 0 Å². The molecule has 1 aromatic carbocycles. The van der Waals surface area contributed by atoms with E-state index in [1.165, 1.54) is 12.1 Å². The maximum Gasteiger partial charge on any atom is 0.269 e. The van der Waals surface area contributed by atoms with Gasteiger partial charge in [-0.15, -0.1) is 0 Å². The fourth-order valence-corrected chi connectivity index (χ4v) is 2.85. The molecule has 0 aliphatic carbocycles. The fraction of sp³-hybridized carbons (Fsp3) is 0.455. The second-order valence-electron chi connectivity index (χ2n) is 4.30. The van der Waals surface area contributed by atoms with E-state index >= 15 is 0 Å². The summed E-state index contributed by atoms with van der Waals surface area (Å²) in [4.78, 5) is 9.93. The van der Waals surface area contributed by atoms with Crippen LogP contribution >= 0.6 is 0 Å². The molecular formula is C11H15N3O5S. The molecule has 1 unspecified atom stereocenters. The summed E-state index contributed by atoms with van der Waals surface area (Å²) in [6, 6.07) is 4.74. The average Bonchev–Trinajstić information content (AvgIpc) is 2.46. The lowest BCUT2D eigenvalue weighted by atomic mass is 10.3. The predicted molar refractivity (Wildman–Crippen MR) is 70.9 cm³/mol. The van der Waals surface area contributed by atoms with Crippen LogP contribution in [0.4, 0.5) is 5.69 Å². The normalized spacial score (nSPS) is 19.7. The van der Waals surface area contributed by atoms with Crippen molar-refractivity contribution < 1.29 is 18.1 Å². The lowest BCUT2D eigenvalue weighted by Gasteiger charge is -2.23. The molecule has 2 rings (SSSR count). The van der Waals surface area contributed by atoms with Crippen LogP contribution in [0.25, 0.3) is 0 Å². The zero-order valence-electron chi connectivity index (χ0n) is 10.6. The molecule has 20 heavy (non-hydrogen) atoms. The lowest BCUT2D eigenvalue weighted by Crippen LogP contribution is -2.45. The van der Waals surface area contributed by atoms with Gasteiger partial charge in [-0.05, 0) is 12.1 Å². The molecule has 0 spiro atoms. The number of rotatable bonds is 5. The Balaban J connectivity index is 2.00. The van der Waals surface area contributed by atoms with Gasteiger partial charge in [-0.3, -0.25) is 10.1 Å². The Kier molecular flexibility index (Phi) is 4.65. The molecule has 1 aliphatic rings. The Morgan fingerprint density at radius 1 is 1.40 bits per heavy atom. The van der Waals surface area contributed by atoms with Crippen molar-refractivity contribution in [2.45, 2.75) is 11.0 Å². The highest BCUT2D eigenvalue weighted by atomic mass is 32.2. The highest BCUT2D eigenvalue weighted by Crippen LogP contribution is 2.15. The SMILES string of the molecule is O=[N+]([O-])c1ccc(S(=O)(=O)NCC2CNCCO2)cc1. The summed E-state index contributed by atoms with van der Waals surface area (Å²) >= 11 is 0. The van der Waals surface area contributed by atoms with Crippen molar-refractivity contribution in [2.24, 2.45) is 0 Å². The van der Waals surface area contributed by atoms with Crippen molar-refractivity contribution >= 4 is 15.7 Å². The van der Waals surface area contributed by atoms with Crippen LogP contribution in [-0.2, 0) is 14.8 Å². The Labute approximate surface area is 116 Å². The van der Waals surface area contributed by atoms with Crippen LogP contribution in [0.3, 0.4) is 0 Å². The second-order valence-corrected chi connectivity index (χ2v) is 6.07. The van der Waals surface area contributed by atoms with Crippen molar-refractivity contribution in [2.75, 3.05) is 26.2 Å². The van der Waals surface area contributed by atoms with Crippen molar-refractivity contribution in [1.82, 2.24) is 10.0 Å². The topological polar surface area (TPSA) is 111 Å². The summed E-state index contributed by atoms with van der Waals surface area (Å²) in [5.74, 6) is 0. The van der Waals surface area contributed by atoms with Crippen LogP contribution in [0, 0.1) is 10.1 Å². The molecule has 110 valence electrons. The van der Waals surface area contributed by atoms with E-state index in [0.717, 1.165) is 18.7 Å². The zero-order chi connectivity index (χ0) is 14.6. The van der Waals surface area contributed by atoms with Crippen LogP contribution in [0.5, 0.6) is 0 Å². The molecule has 9 heteroatoms. The Hall–Kier alpha value is -1.55. The third kappa shape index (κ3) is 3.73. The monoisotopic (exact) mass is 301 g/mol. The van der Waals surface area contributed by atoms with E-state index in [9.17, 15) is 18.5 Å². The maximum atomic E-state index is 12.0. The number of non-ortho nitro benzene ring substituents is 1. The van der Waals surface area contributed by atoms with E-state index < -0.39 is 14.9 Å². The van der Waals surface area contributed by atoms with E-state index in [1.54, 1.807) is 0 Å². The molecule has 2 N–H and O–H groups in total. The van der Waals surface area contributed by atoms with Crippen LogP contribution in [0.2, 0.25) is 0 Å². The summed E-state index contributed by atoms with van der Waals surface area (Å²) in [5.41, 5.74) is -0.149. The minimum Gasteiger partial charge on any atom is -0.374 e. The van der Waals surface area contributed by atoms with Gasteiger partial charge >= 0.3 is 0 Å². The van der Waals surface area contributed by atoms with Crippen molar-refractivity contribution in [3.05, 3.63) is 34.4 Å². The number of nitrogens with zero attached hydrogens (tertiary/aromatic N) is 1. The quantitative estimate of drug-likeness (QED) is 0.578. The van der Waals surface area contributed by atoms with Crippen LogP contribution in [-0.4, -0.2) is 45.7 Å². The third-order valence-corrected chi connectivity index (χ3v) is 4.30. The van der Waals surface area contributed by atoms with Gasteiger partial charge in [0.05, 0.1) is 22.5 Å². The molecule has 0 bridgehead atoms. The molecule has 1 saturated heterocycles. The molecule has 8 nitrogen and oxygen atoms in total. The smallest absolute Gasteiger partial charge is 0.269 e. The van der Waals surface area contributed by atoms with Crippen molar-refractivity contribution in [3.63, 3.8) is 0 Å². The van der Waals surface area contributed by atoms with Gasteiger partial charge in [-0.25, -0.2) is 13.1 Å². The van der Waals surface area contributed by atoms with Gasteiger partial charge < -0.3 is 10.1 Å². The number of benzene rings is 1. The Bertz CT molecular complexity index is 566. The van der Waals surface area contributed by atoms with Crippen molar-refractivity contribution in [1.29, 1.82) is 0 Å². The first-order valence-corrected chi connectivity index (χ1v) is 7.54. The molecule has 1 heterocycles. The summed E-state index contributed by atoms with van der Waals surface area (Å²) in [7, 11) is -3.68. The van der Waals surface area contributed by atoms with Gasteiger partial charge in [0.15, 0.2) is 0 Å². The zero-order valence-corrected chi connectivity index (χ0v) is 11.4. The minimum absolute atomic E-state index is 0.00753. The number of hydrogen-bond acceptors (Lipinski definition) is 6. The minimum atomic E-state index is -3.68. The number of nitro benzene ring substituents is 1. The first-order chi connectivity index (χ1) is 9.49. The maximum absolute atomic E-state index is 12.0. The van der Waals surface area contributed by atoms with Crippen LogP contribution in [0.1, 0.15) is 0 Å². The molecular weight excluding hydrogens is 286 g/mol. The molecule has 0 saturated carbocycles. The van der Waals surface area contributed by atoms with Gasteiger partial charge in [0.1, 0.15) is 0 Å². The largest absolute Gasteiger partial charge is 0.374 e. The third-order valence-electron chi connectivity index (χ3n) is 2.86. The Morgan fingerprint density at radius 2 is 2.10 bits per heavy atom. The van der Waals surface area contributed by atoms with Crippen molar-refractivity contribution in [3.8, 4) is 0 Å². The summed E-state index contributed by atoms with van der Waals surface area (Å²) in [5, 5.41) is 13.6. The predicted octanol–water partition coefficient (Wildman–Crippen LogP) is -0.138. The first kappa shape index (κ1) is 14.9. The highest BCUT2D eigenvalue weighted by Gasteiger charge is 2.19. The van der Waals surface area contributed by atoms with Gasteiger partial charge in [0.2, 0.25) is 10.0 Å². The first-order valence-electron chi connectivity index (χ1n) is 6.05. The molecule has 1 aromatic rings. The highest BCUT2D eigenvalue weighted by molar-refractivity contribution is 7.89. The number of nitro groups is 1. The van der Waals surface area contributed by atoms with E-state index in [0.29, 0.717) is 13.2 Å². The lowest BCUT2D eigenvalue weighted by molar-refractivity contribution is -0.384. The van der Waals surface area contributed by atoms with Crippen LogP contribution in [0.15, 0.2) is 29.2 Å². The summed E-state index contributed by atoms with van der Waals surface area (Å²) < 4.78 is 31.8. The van der Waals surface area contributed by atoms with Crippen LogP contribution < -0.4 is 10.0 Å². The molecule has 0 radical (unpaired) electrons. The molecule has 0 aromatic heterocycles. The molecule has 1 aliphatic heterocycles. The molecule has 1 fully saturated rings. The standard InChI is InChI=1S/C11H15N3O5S/c15-14(16)9-1-3-11(4-2-9)20(17,18)13-8-10-7-12-5-6-19-10/h1-4,10,12-13H,5-8H2. The second kappa shape index (κ2) is 6.27. The number of sulfonamides is 1. The van der Waals surface area contributed by atoms with Gasteiger partial charge in [-0.1, -0.05) is 0 Å². The molecule has 0 amide bonds. The van der Waals surface area contributed by atoms with E-state index in [2.05, 4.69) is 10.0 Å². The Morgan fingerprint density at radius 3 is 2.65 bits per heavy atom. The summed E-state index contributed by atoms with van der Waals surface area (Å²) in [6.45, 7) is 2.05. The fourth-order valence-electron chi connectivity index (χ4n) is 1.78. The van der Waals surface area contributed by atoms with Gasteiger partial charge in [0.25, 0.3) is 5.69 Å². The van der Waals surface area contributed by atoms with Gasteiger partial charge in [0, 0.05) is 31.8 Å². The number of ether oxygens (including phenoxy) is 1. The average molecular weight is 301 g/mol. The molecule has 1 atom stereocenters. The number of morpholine rings is 1.